The fraction of sp³-hybridized carbons (Fsp3) is 0.0909. The average Bonchev–Trinajstić information content (AvgIpc) is 2.89. The molecule has 0 aliphatic rings. The van der Waals surface area contributed by atoms with Crippen LogP contribution in [0.3, 0.4) is 0 Å². The largest absolute Gasteiger partial charge is 0.461 e. The number of hydrogen-bond donors (Lipinski definition) is 1. The second-order valence-corrected chi connectivity index (χ2v) is 4.55. The normalized spacial score (nSPS) is 11.1. The minimum atomic E-state index is -0.264. The summed E-state index contributed by atoms with van der Waals surface area (Å²) in [5.41, 5.74) is 0.482. The Bertz CT molecular complexity index is 754. The highest BCUT2D eigenvalue weighted by Gasteiger charge is 2.14. The maximum atomic E-state index is 12.0. The topological polar surface area (TPSA) is 74.1 Å². The highest BCUT2D eigenvalue weighted by atomic mass is 32.1. The van der Waals surface area contributed by atoms with Gasteiger partial charge in [0.1, 0.15) is 22.7 Å². The Balaban J connectivity index is 2.38. The van der Waals surface area contributed by atoms with E-state index in [1.54, 1.807) is 0 Å². The van der Waals surface area contributed by atoms with E-state index in [1.165, 1.54) is 17.7 Å². The first-order chi connectivity index (χ1) is 8.16. The Labute approximate surface area is 100 Å². The van der Waals surface area contributed by atoms with Crippen LogP contribution in [0.25, 0.3) is 21.5 Å². The molecule has 0 fully saturated rings. The van der Waals surface area contributed by atoms with Crippen LogP contribution in [0.4, 0.5) is 0 Å². The molecule has 0 atom stereocenters. The van der Waals surface area contributed by atoms with Gasteiger partial charge in [-0.2, -0.15) is 0 Å². The Morgan fingerprint density at radius 1 is 1.47 bits per heavy atom. The molecule has 0 bridgehead atoms. The minimum absolute atomic E-state index is 0.264. The lowest BCUT2D eigenvalue weighted by Gasteiger charge is -1.97. The quantitative estimate of drug-likeness (QED) is 0.665. The maximum absolute atomic E-state index is 12.0. The van der Waals surface area contributed by atoms with Gasteiger partial charge in [0.2, 0.25) is 0 Å². The van der Waals surface area contributed by atoms with Crippen molar-refractivity contribution in [2.24, 2.45) is 0 Å². The molecule has 3 aromatic rings. The first-order valence-electron chi connectivity index (χ1n) is 4.97. The molecule has 6 heteroatoms. The summed E-state index contributed by atoms with van der Waals surface area (Å²) in [6.45, 7) is 1.86. The van der Waals surface area contributed by atoms with Crippen molar-refractivity contribution in [3.63, 3.8) is 0 Å². The van der Waals surface area contributed by atoms with Gasteiger partial charge in [0.25, 0.3) is 5.56 Å². The molecule has 5 nitrogen and oxygen atoms in total. The Morgan fingerprint density at radius 2 is 2.29 bits per heavy atom. The summed E-state index contributed by atoms with van der Waals surface area (Å²) >= 11 is 1.40. The molecule has 86 valence electrons. The van der Waals surface area contributed by atoms with Gasteiger partial charge in [-0.25, -0.2) is 9.66 Å². The molecule has 3 heterocycles. The third-order valence-corrected chi connectivity index (χ3v) is 3.41. The summed E-state index contributed by atoms with van der Waals surface area (Å²) in [5.74, 6) is 6.98. The monoisotopic (exact) mass is 247 g/mol. The van der Waals surface area contributed by atoms with Crippen molar-refractivity contribution in [1.29, 1.82) is 0 Å². The van der Waals surface area contributed by atoms with Crippen LogP contribution >= 0.6 is 11.3 Å². The molecule has 3 aromatic heterocycles. The molecule has 2 N–H and O–H groups in total. The van der Waals surface area contributed by atoms with Gasteiger partial charge in [-0.1, -0.05) is 0 Å². The summed E-state index contributed by atoms with van der Waals surface area (Å²) in [6, 6.07) is 3.69. The zero-order chi connectivity index (χ0) is 12.0. The maximum Gasteiger partial charge on any atom is 0.281 e. The van der Waals surface area contributed by atoms with Crippen LogP contribution in [-0.4, -0.2) is 9.66 Å². The highest BCUT2D eigenvalue weighted by molar-refractivity contribution is 7.17. The second-order valence-electron chi connectivity index (χ2n) is 3.70. The number of aryl methyl sites for hydroxylation is 1. The Hall–Kier alpha value is -2.08. The lowest BCUT2D eigenvalue weighted by atomic mass is 10.2. The number of hydrogen-bond acceptors (Lipinski definition) is 5. The zero-order valence-electron chi connectivity index (χ0n) is 9.01. The molecule has 0 unspecified atom stereocenters. The summed E-state index contributed by atoms with van der Waals surface area (Å²) in [4.78, 5) is 16.7. The number of furan rings is 1. The number of aromatic nitrogens is 2. The second kappa shape index (κ2) is 3.46. The average molecular weight is 247 g/mol. The van der Waals surface area contributed by atoms with Gasteiger partial charge >= 0.3 is 0 Å². The predicted molar refractivity (Wildman–Crippen MR) is 66.5 cm³/mol. The van der Waals surface area contributed by atoms with Crippen molar-refractivity contribution >= 4 is 21.6 Å². The van der Waals surface area contributed by atoms with Gasteiger partial charge in [0.05, 0.1) is 5.39 Å². The summed E-state index contributed by atoms with van der Waals surface area (Å²) in [6.07, 6.45) is 1.32. The van der Waals surface area contributed by atoms with Crippen molar-refractivity contribution in [3.8, 4) is 11.3 Å². The number of nitrogens with zero attached hydrogens (tertiary/aromatic N) is 2. The predicted octanol–water partition coefficient (Wildman–Crippen LogP) is 1.74. The third-order valence-electron chi connectivity index (χ3n) is 2.53. The van der Waals surface area contributed by atoms with Gasteiger partial charge in [-0.15, -0.1) is 11.3 Å². The summed E-state index contributed by atoms with van der Waals surface area (Å²) < 4.78 is 6.50. The number of nitrogen functional groups attached to an aromatic ring is 1. The molecule has 0 spiro atoms. The van der Waals surface area contributed by atoms with E-state index >= 15 is 0 Å². The molecule has 0 radical (unpaired) electrons. The molecular formula is C11H9N3O2S. The molecule has 17 heavy (non-hydrogen) atoms. The van der Waals surface area contributed by atoms with E-state index in [0.717, 1.165) is 16.0 Å². The highest BCUT2D eigenvalue weighted by Crippen LogP contribution is 2.31. The molecule has 3 rings (SSSR count). The molecule has 0 amide bonds. The van der Waals surface area contributed by atoms with E-state index in [-0.39, 0.29) is 5.56 Å². The van der Waals surface area contributed by atoms with Crippen molar-refractivity contribution in [1.82, 2.24) is 9.66 Å². The fourth-order valence-corrected chi connectivity index (χ4v) is 2.59. The molecule has 0 saturated heterocycles. The molecule has 0 aromatic carbocycles. The number of thiophene rings is 1. The molecule has 0 saturated carbocycles. The first-order valence-corrected chi connectivity index (χ1v) is 5.85. The van der Waals surface area contributed by atoms with Crippen LogP contribution < -0.4 is 11.4 Å². The van der Waals surface area contributed by atoms with Crippen LogP contribution in [0.1, 0.15) is 5.76 Å². The summed E-state index contributed by atoms with van der Waals surface area (Å²) in [7, 11) is 0. The third kappa shape index (κ3) is 1.45. The van der Waals surface area contributed by atoms with Gasteiger partial charge < -0.3 is 10.3 Å². The van der Waals surface area contributed by atoms with Crippen molar-refractivity contribution in [2.45, 2.75) is 6.92 Å². The lowest BCUT2D eigenvalue weighted by molar-refractivity contribution is 0.549. The molecule has 0 aliphatic heterocycles. The zero-order valence-corrected chi connectivity index (χ0v) is 9.82. The van der Waals surface area contributed by atoms with E-state index in [2.05, 4.69) is 4.98 Å². The number of nitrogens with two attached hydrogens (primary N) is 1. The van der Waals surface area contributed by atoms with Gasteiger partial charge in [-0.05, 0) is 19.1 Å². The van der Waals surface area contributed by atoms with E-state index in [4.69, 9.17) is 10.3 Å². The molecule has 0 aliphatic carbocycles. The van der Waals surface area contributed by atoms with E-state index < -0.39 is 0 Å². The SMILES string of the molecule is Cc1ccc(-c2csc3ncn(N)c(=O)c23)o1. The van der Waals surface area contributed by atoms with Crippen molar-refractivity contribution < 1.29 is 4.42 Å². The van der Waals surface area contributed by atoms with Crippen LogP contribution in [0.2, 0.25) is 0 Å². The van der Waals surface area contributed by atoms with Crippen LogP contribution in [0.5, 0.6) is 0 Å². The minimum Gasteiger partial charge on any atom is -0.461 e. The van der Waals surface area contributed by atoms with E-state index in [0.29, 0.717) is 16.0 Å². The van der Waals surface area contributed by atoms with E-state index in [1.807, 2.05) is 24.4 Å². The van der Waals surface area contributed by atoms with Crippen LogP contribution in [0.15, 0.2) is 33.1 Å². The fourth-order valence-electron chi connectivity index (χ4n) is 1.71. The number of fused-ring (bicyclic) bond motifs is 1. The van der Waals surface area contributed by atoms with Crippen molar-refractivity contribution in [2.75, 3.05) is 5.84 Å². The number of rotatable bonds is 1. The van der Waals surface area contributed by atoms with Crippen LogP contribution in [-0.2, 0) is 0 Å². The van der Waals surface area contributed by atoms with Crippen molar-refractivity contribution in [3.05, 3.63) is 40.0 Å². The standard InChI is InChI=1S/C11H9N3O2S/c1-6-2-3-8(16-6)7-4-17-10-9(7)11(15)14(12)5-13-10/h2-5H,12H2,1H3. The van der Waals surface area contributed by atoms with Gasteiger partial charge in [0.15, 0.2) is 0 Å². The van der Waals surface area contributed by atoms with Gasteiger partial charge in [-0.3, -0.25) is 4.79 Å². The Kier molecular flexibility index (Phi) is 2.05. The Morgan fingerprint density at radius 3 is 3.00 bits per heavy atom. The lowest BCUT2D eigenvalue weighted by Crippen LogP contribution is -2.26. The van der Waals surface area contributed by atoms with Crippen LogP contribution in [0, 0.1) is 6.92 Å². The summed E-state index contributed by atoms with van der Waals surface area (Å²) in [5, 5.41) is 2.37. The molecular weight excluding hydrogens is 238 g/mol. The first kappa shape index (κ1) is 10.1. The van der Waals surface area contributed by atoms with Gasteiger partial charge in [0, 0.05) is 10.9 Å². The smallest absolute Gasteiger partial charge is 0.281 e. The van der Waals surface area contributed by atoms with E-state index in [9.17, 15) is 4.79 Å².